The Kier molecular flexibility index (Phi) is 3.85. The van der Waals surface area contributed by atoms with Crippen LogP contribution < -0.4 is 5.32 Å². The van der Waals surface area contributed by atoms with E-state index in [1.165, 1.54) is 12.1 Å². The highest BCUT2D eigenvalue weighted by atomic mass is 16.6. The molecule has 0 saturated heterocycles. The van der Waals surface area contributed by atoms with E-state index in [0.717, 1.165) is 11.6 Å². The lowest BCUT2D eigenvalue weighted by atomic mass is 10.2. The van der Waals surface area contributed by atoms with E-state index in [2.05, 4.69) is 10.3 Å². The summed E-state index contributed by atoms with van der Waals surface area (Å²) < 4.78 is 0. The Morgan fingerprint density at radius 1 is 1.15 bits per heavy atom. The summed E-state index contributed by atoms with van der Waals surface area (Å²) in [4.78, 5) is 24.2. The Labute approximate surface area is 113 Å². The molecule has 0 atom stereocenters. The molecule has 1 N–H and O–H groups in total. The van der Waals surface area contributed by atoms with Crippen molar-refractivity contribution in [3.05, 3.63) is 68.5 Å². The molecule has 0 aliphatic carbocycles. The topological polar surface area (TPSA) is 111 Å². The van der Waals surface area contributed by atoms with Gasteiger partial charge in [-0.05, 0) is 17.7 Å². The molecule has 2 aromatic rings. The number of nitrogens with zero attached hydrogens (tertiary/aromatic N) is 3. The van der Waals surface area contributed by atoms with Crippen molar-refractivity contribution in [1.29, 1.82) is 0 Å². The molecule has 0 amide bonds. The summed E-state index contributed by atoms with van der Waals surface area (Å²) in [7, 11) is 0. The smallest absolute Gasteiger partial charge is 0.299 e. The first kappa shape index (κ1) is 13.4. The van der Waals surface area contributed by atoms with Crippen LogP contribution in [0.2, 0.25) is 0 Å². The molecule has 20 heavy (non-hydrogen) atoms. The molecule has 0 aliphatic heterocycles. The van der Waals surface area contributed by atoms with Gasteiger partial charge in [0.1, 0.15) is 5.69 Å². The van der Waals surface area contributed by atoms with Crippen LogP contribution in [-0.4, -0.2) is 14.8 Å². The third-order valence-corrected chi connectivity index (χ3v) is 2.59. The number of rotatable bonds is 5. The molecular weight excluding hydrogens is 264 g/mol. The van der Waals surface area contributed by atoms with Crippen molar-refractivity contribution in [3.8, 4) is 0 Å². The molecular formula is C12H10N4O4. The highest BCUT2D eigenvalue weighted by molar-refractivity contribution is 5.65. The van der Waals surface area contributed by atoms with Crippen LogP contribution in [0, 0.1) is 20.2 Å². The van der Waals surface area contributed by atoms with Crippen LogP contribution in [0.25, 0.3) is 0 Å². The van der Waals surface area contributed by atoms with Crippen LogP contribution in [0.15, 0.2) is 42.7 Å². The van der Waals surface area contributed by atoms with Crippen molar-refractivity contribution < 1.29 is 9.85 Å². The first-order valence-corrected chi connectivity index (χ1v) is 5.63. The molecule has 1 aromatic carbocycles. The predicted octanol–water partition coefficient (Wildman–Crippen LogP) is 2.51. The largest absolute Gasteiger partial charge is 0.375 e. The van der Waals surface area contributed by atoms with Crippen LogP contribution in [0.4, 0.5) is 17.1 Å². The Morgan fingerprint density at radius 3 is 2.55 bits per heavy atom. The molecule has 0 radical (unpaired) electrons. The number of pyridine rings is 1. The molecule has 0 spiro atoms. The van der Waals surface area contributed by atoms with Crippen LogP contribution in [0.3, 0.4) is 0 Å². The van der Waals surface area contributed by atoms with Gasteiger partial charge in [-0.3, -0.25) is 25.2 Å². The van der Waals surface area contributed by atoms with Gasteiger partial charge in [0.2, 0.25) is 0 Å². The monoisotopic (exact) mass is 274 g/mol. The molecule has 1 aromatic heterocycles. The summed E-state index contributed by atoms with van der Waals surface area (Å²) in [6.45, 7) is 0.340. The van der Waals surface area contributed by atoms with Gasteiger partial charge in [-0.15, -0.1) is 0 Å². The molecule has 2 rings (SSSR count). The van der Waals surface area contributed by atoms with Crippen molar-refractivity contribution in [2.45, 2.75) is 6.54 Å². The average molecular weight is 274 g/mol. The first-order valence-electron chi connectivity index (χ1n) is 5.63. The summed E-state index contributed by atoms with van der Waals surface area (Å²) in [5.74, 6) is 0. The summed E-state index contributed by atoms with van der Waals surface area (Å²) in [6.07, 6.45) is 3.25. The molecule has 1 heterocycles. The van der Waals surface area contributed by atoms with Crippen molar-refractivity contribution in [2.24, 2.45) is 0 Å². The fourth-order valence-electron chi connectivity index (χ4n) is 1.63. The normalized spacial score (nSPS) is 10.0. The number of non-ortho nitro benzene ring substituents is 1. The second kappa shape index (κ2) is 5.74. The lowest BCUT2D eigenvalue weighted by Crippen LogP contribution is -2.03. The van der Waals surface area contributed by atoms with E-state index in [0.29, 0.717) is 6.54 Å². The molecule has 0 bridgehead atoms. The van der Waals surface area contributed by atoms with Crippen LogP contribution in [0.1, 0.15) is 5.56 Å². The van der Waals surface area contributed by atoms with E-state index in [1.54, 1.807) is 18.5 Å². The van der Waals surface area contributed by atoms with Crippen molar-refractivity contribution in [3.63, 3.8) is 0 Å². The Hall–Kier alpha value is -3.03. The van der Waals surface area contributed by atoms with Crippen molar-refractivity contribution in [2.75, 3.05) is 5.32 Å². The summed E-state index contributed by atoms with van der Waals surface area (Å²) >= 11 is 0. The quantitative estimate of drug-likeness (QED) is 0.662. The van der Waals surface area contributed by atoms with Crippen LogP contribution >= 0.6 is 0 Å². The number of anilines is 1. The standard InChI is InChI=1S/C12H10N4O4/c17-15(18)10-3-4-11(12(6-10)16(19)20)14-8-9-2-1-5-13-7-9/h1-7,14H,8H2. The van der Waals surface area contributed by atoms with Gasteiger partial charge in [-0.1, -0.05) is 6.07 Å². The molecule has 0 fully saturated rings. The molecule has 0 saturated carbocycles. The van der Waals surface area contributed by atoms with Gasteiger partial charge < -0.3 is 5.32 Å². The maximum absolute atomic E-state index is 10.9. The van der Waals surface area contributed by atoms with Crippen LogP contribution in [-0.2, 0) is 6.54 Å². The zero-order valence-corrected chi connectivity index (χ0v) is 10.2. The van der Waals surface area contributed by atoms with Gasteiger partial charge in [0, 0.05) is 25.0 Å². The second-order valence-electron chi connectivity index (χ2n) is 3.93. The van der Waals surface area contributed by atoms with Gasteiger partial charge in [0.25, 0.3) is 11.4 Å². The Bertz CT molecular complexity index is 645. The average Bonchev–Trinajstić information content (AvgIpc) is 2.45. The lowest BCUT2D eigenvalue weighted by molar-refractivity contribution is -0.393. The van der Waals surface area contributed by atoms with Gasteiger partial charge >= 0.3 is 0 Å². The van der Waals surface area contributed by atoms with E-state index in [9.17, 15) is 20.2 Å². The maximum atomic E-state index is 10.9. The second-order valence-corrected chi connectivity index (χ2v) is 3.93. The van der Waals surface area contributed by atoms with Gasteiger partial charge in [0.05, 0.1) is 15.9 Å². The third-order valence-electron chi connectivity index (χ3n) is 2.59. The zero-order chi connectivity index (χ0) is 14.5. The molecule has 8 nitrogen and oxygen atoms in total. The highest BCUT2D eigenvalue weighted by Gasteiger charge is 2.19. The summed E-state index contributed by atoms with van der Waals surface area (Å²) in [5, 5.41) is 24.4. The number of nitrogens with one attached hydrogen (secondary N) is 1. The first-order chi connectivity index (χ1) is 9.58. The number of nitro groups is 2. The molecule has 8 heteroatoms. The minimum absolute atomic E-state index is 0.226. The fourth-order valence-corrected chi connectivity index (χ4v) is 1.63. The van der Waals surface area contributed by atoms with Gasteiger partial charge in [0.15, 0.2) is 0 Å². The number of benzene rings is 1. The Balaban J connectivity index is 2.23. The van der Waals surface area contributed by atoms with Crippen molar-refractivity contribution >= 4 is 17.1 Å². The SMILES string of the molecule is O=[N+]([O-])c1ccc(NCc2cccnc2)c([N+](=O)[O-])c1. The fraction of sp³-hybridized carbons (Fsp3) is 0.0833. The molecule has 102 valence electrons. The predicted molar refractivity (Wildman–Crippen MR) is 71.3 cm³/mol. The minimum atomic E-state index is -0.669. The van der Waals surface area contributed by atoms with E-state index in [-0.39, 0.29) is 17.1 Å². The summed E-state index contributed by atoms with van der Waals surface area (Å²) in [6, 6.07) is 7.05. The van der Waals surface area contributed by atoms with Crippen LogP contribution in [0.5, 0.6) is 0 Å². The maximum Gasteiger partial charge on any atom is 0.299 e. The van der Waals surface area contributed by atoms with E-state index in [4.69, 9.17) is 0 Å². The highest BCUT2D eigenvalue weighted by Crippen LogP contribution is 2.29. The van der Waals surface area contributed by atoms with Gasteiger partial charge in [-0.25, -0.2) is 0 Å². The lowest BCUT2D eigenvalue weighted by Gasteiger charge is -2.06. The van der Waals surface area contributed by atoms with Gasteiger partial charge in [-0.2, -0.15) is 0 Å². The third kappa shape index (κ3) is 3.05. The van der Waals surface area contributed by atoms with E-state index in [1.807, 2.05) is 6.07 Å². The zero-order valence-electron chi connectivity index (χ0n) is 10.2. The van der Waals surface area contributed by atoms with Crippen molar-refractivity contribution in [1.82, 2.24) is 4.98 Å². The minimum Gasteiger partial charge on any atom is -0.375 e. The summed E-state index contributed by atoms with van der Waals surface area (Å²) in [5.41, 5.74) is 0.427. The number of hydrogen-bond donors (Lipinski definition) is 1. The number of aromatic nitrogens is 1. The van der Waals surface area contributed by atoms with E-state index < -0.39 is 9.85 Å². The molecule has 0 unspecified atom stereocenters. The number of nitro benzene ring substituents is 2. The van der Waals surface area contributed by atoms with E-state index >= 15 is 0 Å². The Morgan fingerprint density at radius 2 is 1.95 bits per heavy atom. The number of hydrogen-bond acceptors (Lipinski definition) is 6. The molecule has 0 aliphatic rings.